The first kappa shape index (κ1) is 11.6. The van der Waals surface area contributed by atoms with Crippen LogP contribution in [0.15, 0.2) is 18.3 Å². The maximum Gasteiger partial charge on any atom is 0.269 e. The highest BCUT2D eigenvalue weighted by Gasteiger charge is 2.42. The number of aryl methyl sites for hydroxylation is 1. The Hall–Kier alpha value is -2.17. The molecule has 20 heavy (non-hydrogen) atoms. The summed E-state index contributed by atoms with van der Waals surface area (Å²) < 4.78 is 1.84. The second-order valence-electron chi connectivity index (χ2n) is 5.92. The van der Waals surface area contributed by atoms with Gasteiger partial charge in [0, 0.05) is 17.7 Å². The minimum Gasteiger partial charge on any atom is -0.364 e. The van der Waals surface area contributed by atoms with Crippen molar-refractivity contribution in [2.24, 2.45) is 11.7 Å². The second kappa shape index (κ2) is 3.91. The number of pyridine rings is 1. The monoisotopic (exact) mass is 268 g/mol. The summed E-state index contributed by atoms with van der Waals surface area (Å²) >= 11 is 0. The van der Waals surface area contributed by atoms with Crippen molar-refractivity contribution in [2.45, 2.75) is 32.1 Å². The molecule has 0 spiro atoms. The molecule has 2 N–H and O–H groups in total. The lowest BCUT2D eigenvalue weighted by Gasteiger charge is -2.41. The van der Waals surface area contributed by atoms with Crippen LogP contribution in [0.5, 0.6) is 0 Å². The van der Waals surface area contributed by atoms with Crippen molar-refractivity contribution in [3.8, 4) is 5.82 Å². The minimum atomic E-state index is -0.436. The van der Waals surface area contributed by atoms with Gasteiger partial charge in [-0.3, -0.25) is 4.79 Å². The number of nitrogens with two attached hydrogens (primary N) is 1. The Morgan fingerprint density at radius 3 is 2.95 bits per heavy atom. The lowest BCUT2D eigenvalue weighted by Crippen LogP contribution is -2.32. The normalized spacial score (nSPS) is 23.1. The van der Waals surface area contributed by atoms with E-state index in [1.807, 2.05) is 23.7 Å². The molecule has 0 aromatic carbocycles. The summed E-state index contributed by atoms with van der Waals surface area (Å²) in [6.07, 6.45) is 5.09. The van der Waals surface area contributed by atoms with E-state index in [0.29, 0.717) is 17.5 Å². The molecule has 5 nitrogen and oxygen atoms in total. The van der Waals surface area contributed by atoms with Gasteiger partial charge in [0.05, 0.1) is 5.69 Å². The Bertz CT molecular complexity index is 713. The predicted molar refractivity (Wildman–Crippen MR) is 73.8 cm³/mol. The van der Waals surface area contributed by atoms with Crippen LogP contribution in [0.2, 0.25) is 0 Å². The first-order valence-electron chi connectivity index (χ1n) is 6.98. The molecule has 1 fully saturated rings. The van der Waals surface area contributed by atoms with E-state index in [1.165, 1.54) is 12.8 Å². The molecule has 1 saturated carbocycles. The van der Waals surface area contributed by atoms with Gasteiger partial charge in [-0.25, -0.2) is 9.67 Å². The number of hydrogen-bond donors (Lipinski definition) is 1. The fourth-order valence-corrected chi connectivity index (χ4v) is 3.51. The smallest absolute Gasteiger partial charge is 0.269 e. The Kier molecular flexibility index (Phi) is 2.28. The molecule has 2 heterocycles. The van der Waals surface area contributed by atoms with Crippen molar-refractivity contribution in [1.82, 2.24) is 14.8 Å². The highest BCUT2D eigenvalue weighted by molar-refractivity contribution is 5.93. The molecule has 5 heteroatoms. The van der Waals surface area contributed by atoms with E-state index in [0.717, 1.165) is 29.1 Å². The lowest BCUT2D eigenvalue weighted by atomic mass is 9.64. The van der Waals surface area contributed by atoms with E-state index in [2.05, 4.69) is 10.1 Å². The summed E-state index contributed by atoms with van der Waals surface area (Å²) in [5, 5.41) is 4.46. The average Bonchev–Trinajstić information content (AvgIpc) is 2.77. The third kappa shape index (κ3) is 1.52. The first-order valence-corrected chi connectivity index (χ1v) is 6.98. The van der Waals surface area contributed by atoms with Crippen LogP contribution in [-0.2, 0) is 6.42 Å². The molecule has 1 amide bonds. The van der Waals surface area contributed by atoms with Crippen molar-refractivity contribution in [3.63, 3.8) is 0 Å². The molecule has 2 bridgehead atoms. The Morgan fingerprint density at radius 1 is 1.45 bits per heavy atom. The number of nitrogens with zero attached hydrogens (tertiary/aromatic N) is 3. The van der Waals surface area contributed by atoms with E-state index >= 15 is 0 Å². The number of aromatic nitrogens is 3. The molecule has 0 saturated heterocycles. The lowest BCUT2D eigenvalue weighted by molar-refractivity contribution is 0.0993. The third-order valence-electron chi connectivity index (χ3n) is 4.49. The van der Waals surface area contributed by atoms with Crippen LogP contribution in [0.1, 0.15) is 46.1 Å². The Labute approximate surface area is 116 Å². The molecule has 0 unspecified atom stereocenters. The van der Waals surface area contributed by atoms with Gasteiger partial charge in [0.25, 0.3) is 5.91 Å². The van der Waals surface area contributed by atoms with E-state index in [9.17, 15) is 4.79 Å². The van der Waals surface area contributed by atoms with Gasteiger partial charge in [0.15, 0.2) is 11.5 Å². The van der Waals surface area contributed by atoms with Crippen LogP contribution < -0.4 is 5.73 Å². The van der Waals surface area contributed by atoms with Gasteiger partial charge in [-0.2, -0.15) is 5.10 Å². The molecule has 2 aromatic heterocycles. The van der Waals surface area contributed by atoms with Crippen LogP contribution in [0.25, 0.3) is 5.82 Å². The molecule has 2 aromatic rings. The van der Waals surface area contributed by atoms with E-state index < -0.39 is 5.91 Å². The zero-order chi connectivity index (χ0) is 13.9. The number of hydrogen-bond acceptors (Lipinski definition) is 3. The van der Waals surface area contributed by atoms with Gasteiger partial charge < -0.3 is 5.73 Å². The van der Waals surface area contributed by atoms with Crippen molar-refractivity contribution in [2.75, 3.05) is 0 Å². The molecule has 5 rings (SSSR count). The molecular weight excluding hydrogens is 252 g/mol. The van der Waals surface area contributed by atoms with E-state index in [-0.39, 0.29) is 0 Å². The van der Waals surface area contributed by atoms with Gasteiger partial charge in [0.1, 0.15) is 0 Å². The SMILES string of the molecule is Cc1ccnc(-n2nc(C(N)=O)c3c2C2CC(C3)C2)c1. The zero-order valence-corrected chi connectivity index (χ0v) is 11.3. The second-order valence-corrected chi connectivity index (χ2v) is 5.92. The van der Waals surface area contributed by atoms with E-state index in [4.69, 9.17) is 5.73 Å². The molecule has 3 aliphatic carbocycles. The van der Waals surface area contributed by atoms with Gasteiger partial charge in [-0.1, -0.05) is 0 Å². The van der Waals surface area contributed by atoms with Crippen LogP contribution in [0.4, 0.5) is 0 Å². The van der Waals surface area contributed by atoms with Crippen LogP contribution in [0.3, 0.4) is 0 Å². The minimum absolute atomic E-state index is 0.428. The summed E-state index contributed by atoms with van der Waals surface area (Å²) in [5.74, 6) is 1.55. The third-order valence-corrected chi connectivity index (χ3v) is 4.49. The highest BCUT2D eigenvalue weighted by atomic mass is 16.1. The Balaban J connectivity index is 1.94. The number of carbonyl (C=O) groups is 1. The molecule has 0 radical (unpaired) electrons. The standard InChI is InChI=1S/C15H16N4O/c1-8-2-3-17-12(4-8)19-14-10-5-9(6-10)7-11(14)13(18-19)15(16)20/h2-4,9-10H,5-7H2,1H3,(H2,16,20). The fourth-order valence-electron chi connectivity index (χ4n) is 3.51. The summed E-state index contributed by atoms with van der Waals surface area (Å²) in [5.41, 5.74) is 9.24. The summed E-state index contributed by atoms with van der Waals surface area (Å²) in [7, 11) is 0. The van der Waals surface area contributed by atoms with Crippen molar-refractivity contribution < 1.29 is 4.79 Å². The van der Waals surface area contributed by atoms with Crippen molar-refractivity contribution in [3.05, 3.63) is 40.8 Å². The number of amides is 1. The van der Waals surface area contributed by atoms with Gasteiger partial charge in [0.2, 0.25) is 0 Å². The zero-order valence-electron chi connectivity index (χ0n) is 11.3. The number of primary amides is 1. The summed E-state index contributed by atoms with van der Waals surface area (Å²) in [4.78, 5) is 16.0. The number of rotatable bonds is 2. The molecule has 3 aliphatic rings. The molecule has 0 atom stereocenters. The quantitative estimate of drug-likeness (QED) is 0.901. The van der Waals surface area contributed by atoms with E-state index in [1.54, 1.807) is 6.20 Å². The van der Waals surface area contributed by atoms with Crippen LogP contribution >= 0.6 is 0 Å². The maximum absolute atomic E-state index is 11.6. The highest BCUT2D eigenvalue weighted by Crippen LogP contribution is 2.50. The summed E-state index contributed by atoms with van der Waals surface area (Å²) in [6.45, 7) is 2.02. The van der Waals surface area contributed by atoms with Gasteiger partial charge in [-0.05, 0) is 49.8 Å². The molecular formula is C15H16N4O. The maximum atomic E-state index is 11.6. The van der Waals surface area contributed by atoms with Crippen LogP contribution in [-0.4, -0.2) is 20.7 Å². The molecule has 0 aliphatic heterocycles. The summed E-state index contributed by atoms with van der Waals surface area (Å²) in [6, 6.07) is 3.94. The first-order chi connectivity index (χ1) is 9.63. The topological polar surface area (TPSA) is 73.8 Å². The van der Waals surface area contributed by atoms with Gasteiger partial charge in [-0.15, -0.1) is 0 Å². The molecule has 102 valence electrons. The fraction of sp³-hybridized carbons (Fsp3) is 0.400. The van der Waals surface area contributed by atoms with Crippen LogP contribution in [0, 0.1) is 12.8 Å². The van der Waals surface area contributed by atoms with Crippen molar-refractivity contribution in [1.29, 1.82) is 0 Å². The predicted octanol–water partition coefficient (Wildman–Crippen LogP) is 1.72. The van der Waals surface area contributed by atoms with Gasteiger partial charge >= 0.3 is 0 Å². The number of carbonyl (C=O) groups excluding carboxylic acids is 1. The van der Waals surface area contributed by atoms with Crippen molar-refractivity contribution >= 4 is 5.91 Å². The largest absolute Gasteiger partial charge is 0.364 e. The average molecular weight is 268 g/mol. The Morgan fingerprint density at radius 2 is 2.25 bits per heavy atom.